The third kappa shape index (κ3) is 8.17. The number of benzene rings is 1. The minimum atomic E-state index is -0.725. The number of ether oxygens (including phenoxy) is 2. The van der Waals surface area contributed by atoms with Gasteiger partial charge in [-0.1, -0.05) is 56.5 Å². The summed E-state index contributed by atoms with van der Waals surface area (Å²) in [6.45, 7) is 9.82. The van der Waals surface area contributed by atoms with Crippen molar-refractivity contribution in [1.82, 2.24) is 4.90 Å². The van der Waals surface area contributed by atoms with Gasteiger partial charge in [0.15, 0.2) is 0 Å². The quantitative estimate of drug-likeness (QED) is 0.308. The second kappa shape index (κ2) is 12.6. The number of nitrogens with zero attached hydrogens (tertiary/aromatic N) is 1. The molecule has 0 atom stereocenters. The molecule has 0 fully saturated rings. The van der Waals surface area contributed by atoms with Crippen LogP contribution in [0.25, 0.3) is 0 Å². The lowest BCUT2D eigenvalue weighted by Gasteiger charge is -2.21. The number of urea groups is 1. The summed E-state index contributed by atoms with van der Waals surface area (Å²) in [5.41, 5.74) is 0.740. The average molecular weight is 489 g/mol. The molecule has 0 aliphatic rings. The van der Waals surface area contributed by atoms with Crippen LogP contribution >= 0.6 is 11.3 Å². The molecule has 0 bridgehead atoms. The minimum absolute atomic E-state index is 0.112. The lowest BCUT2D eigenvalue weighted by molar-refractivity contribution is 0.00705. The molecule has 0 aliphatic heterocycles. The summed E-state index contributed by atoms with van der Waals surface area (Å²) in [5.74, 6) is -1.14. The smallest absolute Gasteiger partial charge is 0.349 e. The first-order valence-corrected chi connectivity index (χ1v) is 12.4. The Morgan fingerprint density at radius 1 is 1.03 bits per heavy atom. The van der Waals surface area contributed by atoms with Crippen molar-refractivity contribution in [3.8, 4) is 0 Å². The molecule has 1 N–H and O–H groups in total. The van der Waals surface area contributed by atoms with Gasteiger partial charge in [0.1, 0.15) is 22.1 Å². The van der Waals surface area contributed by atoms with E-state index in [0.717, 1.165) is 42.6 Å². The van der Waals surface area contributed by atoms with Crippen LogP contribution in [0.4, 0.5) is 9.80 Å². The molecule has 2 rings (SSSR count). The van der Waals surface area contributed by atoms with Gasteiger partial charge in [0.05, 0.1) is 5.56 Å². The van der Waals surface area contributed by atoms with Gasteiger partial charge in [0, 0.05) is 13.6 Å². The molecular weight excluding hydrogens is 452 g/mol. The Bertz CT molecular complexity index is 979. The lowest BCUT2D eigenvalue weighted by atomic mass is 10.1. The van der Waals surface area contributed by atoms with Gasteiger partial charge in [0.2, 0.25) is 0 Å². The van der Waals surface area contributed by atoms with Crippen LogP contribution in [0.5, 0.6) is 0 Å². The van der Waals surface area contributed by atoms with Crippen molar-refractivity contribution in [2.75, 3.05) is 18.9 Å². The first kappa shape index (κ1) is 27.4. The number of hydrogen-bond acceptors (Lipinski definition) is 6. The van der Waals surface area contributed by atoms with Crippen LogP contribution in [0.15, 0.2) is 30.3 Å². The molecule has 1 aromatic heterocycles. The van der Waals surface area contributed by atoms with E-state index < -0.39 is 17.5 Å². The number of carbonyl (C=O) groups excluding carboxylic acids is 3. The normalized spacial score (nSPS) is 11.1. The van der Waals surface area contributed by atoms with E-state index in [1.54, 1.807) is 39.6 Å². The molecule has 0 radical (unpaired) electrons. The van der Waals surface area contributed by atoms with Crippen LogP contribution in [0.3, 0.4) is 0 Å². The Hall–Kier alpha value is -2.87. The Labute approximate surface area is 206 Å². The minimum Gasteiger partial charge on any atom is -0.457 e. The predicted octanol–water partition coefficient (Wildman–Crippen LogP) is 6.41. The Kier molecular flexibility index (Phi) is 10.1. The molecular formula is C26H36N2O5S. The second-order valence-corrected chi connectivity index (χ2v) is 10.3. The highest BCUT2D eigenvalue weighted by Crippen LogP contribution is 2.35. The number of carbonyl (C=O) groups is 3. The van der Waals surface area contributed by atoms with Crippen molar-refractivity contribution in [3.63, 3.8) is 0 Å². The lowest BCUT2D eigenvalue weighted by Crippen LogP contribution is -2.32. The molecule has 34 heavy (non-hydrogen) atoms. The fourth-order valence-electron chi connectivity index (χ4n) is 3.23. The van der Waals surface area contributed by atoms with Crippen LogP contribution in [0.1, 0.15) is 84.5 Å². The Morgan fingerprint density at radius 3 is 2.32 bits per heavy atom. The van der Waals surface area contributed by atoms with E-state index in [-0.39, 0.29) is 28.1 Å². The Morgan fingerprint density at radius 2 is 1.71 bits per heavy atom. The van der Waals surface area contributed by atoms with Crippen LogP contribution in [-0.2, 0) is 16.1 Å². The molecule has 8 heteroatoms. The van der Waals surface area contributed by atoms with Crippen LogP contribution in [0, 0.1) is 6.92 Å². The van der Waals surface area contributed by atoms with Crippen molar-refractivity contribution in [2.45, 2.75) is 72.5 Å². The van der Waals surface area contributed by atoms with Crippen molar-refractivity contribution in [1.29, 1.82) is 0 Å². The van der Waals surface area contributed by atoms with Crippen molar-refractivity contribution >= 4 is 34.3 Å². The van der Waals surface area contributed by atoms with Crippen molar-refractivity contribution < 1.29 is 23.9 Å². The zero-order valence-corrected chi connectivity index (χ0v) is 21.8. The van der Waals surface area contributed by atoms with Gasteiger partial charge in [-0.05, 0) is 45.2 Å². The summed E-state index contributed by atoms with van der Waals surface area (Å²) >= 11 is 1.03. The summed E-state index contributed by atoms with van der Waals surface area (Å²) in [6, 6.07) is 9.01. The number of unbranched alkanes of at least 4 members (excludes halogenated alkanes) is 3. The van der Waals surface area contributed by atoms with E-state index in [0.29, 0.717) is 12.1 Å². The molecule has 0 saturated heterocycles. The summed E-state index contributed by atoms with van der Waals surface area (Å²) in [5, 5.41) is 3.09. The number of anilines is 1. The van der Waals surface area contributed by atoms with Gasteiger partial charge >= 0.3 is 18.0 Å². The fourth-order valence-corrected chi connectivity index (χ4v) is 4.31. The Balaban J connectivity index is 2.24. The maximum absolute atomic E-state index is 13.0. The monoisotopic (exact) mass is 488 g/mol. The van der Waals surface area contributed by atoms with E-state index >= 15 is 0 Å². The topological polar surface area (TPSA) is 84.9 Å². The van der Waals surface area contributed by atoms with Gasteiger partial charge < -0.3 is 14.4 Å². The van der Waals surface area contributed by atoms with Gasteiger partial charge in [-0.25, -0.2) is 14.4 Å². The highest BCUT2D eigenvalue weighted by atomic mass is 32.1. The second-order valence-electron chi connectivity index (χ2n) is 9.24. The van der Waals surface area contributed by atoms with Crippen LogP contribution in [0.2, 0.25) is 0 Å². The summed E-state index contributed by atoms with van der Waals surface area (Å²) < 4.78 is 11.0. The number of esters is 2. The standard InChI is InChI=1S/C26H36N2O5S/c1-7-8-9-13-16-28(6)25(31)27-22-20(23(29)33-26(3,4)5)18(2)21(34-22)24(30)32-17-19-14-11-10-12-15-19/h10-12,14-15H,7-9,13,16-17H2,1-6H3,(H,27,31). The van der Waals surface area contributed by atoms with E-state index in [2.05, 4.69) is 12.2 Å². The maximum atomic E-state index is 13.0. The SMILES string of the molecule is CCCCCCN(C)C(=O)Nc1sc(C(=O)OCc2ccccc2)c(C)c1C(=O)OC(C)(C)C. The molecule has 2 amide bonds. The highest BCUT2D eigenvalue weighted by molar-refractivity contribution is 7.18. The van der Waals surface area contributed by atoms with E-state index in [9.17, 15) is 14.4 Å². The molecule has 0 spiro atoms. The fraction of sp³-hybridized carbons (Fsp3) is 0.500. The van der Waals surface area contributed by atoms with E-state index in [1.807, 2.05) is 30.3 Å². The highest BCUT2D eigenvalue weighted by Gasteiger charge is 2.30. The first-order valence-electron chi connectivity index (χ1n) is 11.6. The van der Waals surface area contributed by atoms with Crippen molar-refractivity contribution in [3.05, 3.63) is 51.9 Å². The maximum Gasteiger partial charge on any atom is 0.349 e. The van der Waals surface area contributed by atoms with Crippen LogP contribution < -0.4 is 5.32 Å². The average Bonchev–Trinajstić information content (AvgIpc) is 3.10. The van der Waals surface area contributed by atoms with E-state index in [4.69, 9.17) is 9.47 Å². The number of amides is 2. The zero-order valence-electron chi connectivity index (χ0n) is 21.0. The third-order valence-corrected chi connectivity index (χ3v) is 6.25. The van der Waals surface area contributed by atoms with Gasteiger partial charge in [0.25, 0.3) is 0 Å². The van der Waals surface area contributed by atoms with E-state index in [1.165, 1.54) is 0 Å². The molecule has 1 heterocycles. The summed E-state index contributed by atoms with van der Waals surface area (Å²) in [7, 11) is 1.71. The number of nitrogens with one attached hydrogen (secondary N) is 1. The van der Waals surface area contributed by atoms with Gasteiger partial charge in [-0.15, -0.1) is 11.3 Å². The molecule has 0 saturated carbocycles. The number of hydrogen-bond donors (Lipinski definition) is 1. The molecule has 2 aromatic rings. The molecule has 186 valence electrons. The van der Waals surface area contributed by atoms with Gasteiger partial charge in [-0.3, -0.25) is 5.32 Å². The first-order chi connectivity index (χ1) is 16.0. The van der Waals surface area contributed by atoms with Crippen molar-refractivity contribution in [2.24, 2.45) is 0 Å². The summed E-state index contributed by atoms with van der Waals surface area (Å²) in [4.78, 5) is 40.5. The number of thiophene rings is 1. The molecule has 7 nitrogen and oxygen atoms in total. The largest absolute Gasteiger partial charge is 0.457 e. The predicted molar refractivity (Wildman–Crippen MR) is 136 cm³/mol. The third-order valence-electron chi connectivity index (χ3n) is 5.06. The van der Waals surface area contributed by atoms with Gasteiger partial charge in [-0.2, -0.15) is 0 Å². The summed E-state index contributed by atoms with van der Waals surface area (Å²) in [6.07, 6.45) is 4.19. The zero-order chi connectivity index (χ0) is 25.3. The molecule has 0 aliphatic carbocycles. The molecule has 1 aromatic carbocycles. The van der Waals surface area contributed by atoms with Crippen LogP contribution in [-0.4, -0.2) is 42.1 Å². The molecule has 0 unspecified atom stereocenters. The number of rotatable bonds is 10.